The van der Waals surface area contributed by atoms with E-state index in [-0.39, 0.29) is 17.1 Å². The first-order valence-electron chi connectivity index (χ1n) is 5.02. The van der Waals surface area contributed by atoms with Crippen LogP contribution in [0, 0.1) is 17.1 Å². The lowest BCUT2D eigenvalue weighted by molar-refractivity contribution is 0.444. The molecule has 0 aliphatic rings. The van der Waals surface area contributed by atoms with Crippen LogP contribution in [0.3, 0.4) is 0 Å². The first-order valence-corrected chi connectivity index (χ1v) is 5.40. The van der Waals surface area contributed by atoms with Gasteiger partial charge in [-0.1, -0.05) is 11.6 Å². The smallest absolute Gasteiger partial charge is 0.167 e. The number of rotatable bonds is 2. The van der Waals surface area contributed by atoms with Gasteiger partial charge in [0.2, 0.25) is 0 Å². The summed E-state index contributed by atoms with van der Waals surface area (Å²) >= 11 is 5.80. The lowest BCUT2D eigenvalue weighted by Crippen LogP contribution is -1.94. The van der Waals surface area contributed by atoms with E-state index in [1.54, 1.807) is 12.1 Å². The van der Waals surface area contributed by atoms with Crippen LogP contribution in [-0.2, 0) is 0 Å². The van der Waals surface area contributed by atoms with Crippen molar-refractivity contribution in [2.75, 3.05) is 5.73 Å². The largest absolute Gasteiger partial charge is 0.452 e. The zero-order valence-corrected chi connectivity index (χ0v) is 9.91. The first-order chi connectivity index (χ1) is 8.60. The predicted molar refractivity (Wildman–Crippen MR) is 67.1 cm³/mol. The van der Waals surface area contributed by atoms with Crippen LogP contribution in [0.2, 0.25) is 5.02 Å². The predicted octanol–water partition coefficient (Wildman–Crippen LogP) is 3.73. The fourth-order valence-electron chi connectivity index (χ4n) is 1.37. The van der Waals surface area contributed by atoms with E-state index in [0.717, 1.165) is 6.07 Å². The molecular formula is C13H8ClFN2O. The SMILES string of the molecule is N#Cc1ccc(Oc2cc(Cl)ccc2N)c(F)c1. The van der Waals surface area contributed by atoms with Gasteiger partial charge in [0.05, 0.1) is 17.3 Å². The molecule has 2 rings (SSSR count). The summed E-state index contributed by atoms with van der Waals surface area (Å²) in [7, 11) is 0. The molecule has 0 saturated heterocycles. The average molecular weight is 263 g/mol. The minimum atomic E-state index is -0.631. The van der Waals surface area contributed by atoms with Gasteiger partial charge < -0.3 is 10.5 Å². The number of benzene rings is 2. The van der Waals surface area contributed by atoms with Crippen molar-refractivity contribution in [1.82, 2.24) is 0 Å². The average Bonchev–Trinajstić information content (AvgIpc) is 2.36. The second-order valence-electron chi connectivity index (χ2n) is 3.54. The van der Waals surface area contributed by atoms with Crippen molar-refractivity contribution >= 4 is 17.3 Å². The van der Waals surface area contributed by atoms with Gasteiger partial charge in [-0.3, -0.25) is 0 Å². The van der Waals surface area contributed by atoms with Crippen LogP contribution >= 0.6 is 11.6 Å². The molecule has 18 heavy (non-hydrogen) atoms. The van der Waals surface area contributed by atoms with Crippen molar-refractivity contribution in [2.45, 2.75) is 0 Å². The third-order valence-corrected chi connectivity index (χ3v) is 2.49. The molecule has 0 spiro atoms. The number of hydrogen-bond acceptors (Lipinski definition) is 3. The molecule has 0 bridgehead atoms. The van der Waals surface area contributed by atoms with Crippen LogP contribution < -0.4 is 10.5 Å². The van der Waals surface area contributed by atoms with Gasteiger partial charge in [-0.05, 0) is 30.3 Å². The van der Waals surface area contributed by atoms with Gasteiger partial charge in [0.15, 0.2) is 17.3 Å². The number of nitriles is 1. The van der Waals surface area contributed by atoms with E-state index in [1.165, 1.54) is 18.2 Å². The maximum Gasteiger partial charge on any atom is 0.167 e. The molecule has 2 aromatic rings. The summed E-state index contributed by atoms with van der Waals surface area (Å²) in [5.74, 6) is -0.373. The summed E-state index contributed by atoms with van der Waals surface area (Å²) < 4.78 is 18.9. The molecule has 0 radical (unpaired) electrons. The van der Waals surface area contributed by atoms with Crippen LogP contribution in [0.15, 0.2) is 36.4 Å². The number of nitrogens with two attached hydrogens (primary N) is 1. The van der Waals surface area contributed by atoms with Crippen molar-refractivity contribution < 1.29 is 9.13 Å². The zero-order chi connectivity index (χ0) is 13.1. The highest BCUT2D eigenvalue weighted by molar-refractivity contribution is 6.30. The van der Waals surface area contributed by atoms with Crippen molar-refractivity contribution in [3.05, 3.63) is 52.8 Å². The molecule has 90 valence electrons. The topological polar surface area (TPSA) is 59.0 Å². The Hall–Kier alpha value is -2.25. The van der Waals surface area contributed by atoms with Crippen LogP contribution in [0.5, 0.6) is 11.5 Å². The lowest BCUT2D eigenvalue weighted by atomic mass is 10.2. The van der Waals surface area contributed by atoms with E-state index in [2.05, 4.69) is 0 Å². The third-order valence-electron chi connectivity index (χ3n) is 2.26. The van der Waals surface area contributed by atoms with Gasteiger partial charge >= 0.3 is 0 Å². The molecule has 0 aliphatic carbocycles. The van der Waals surface area contributed by atoms with Crippen molar-refractivity contribution in [3.8, 4) is 17.6 Å². The molecule has 2 N–H and O–H groups in total. The molecule has 0 atom stereocenters. The maximum atomic E-state index is 13.6. The van der Waals surface area contributed by atoms with Gasteiger partial charge in [0.1, 0.15) is 0 Å². The van der Waals surface area contributed by atoms with Crippen molar-refractivity contribution in [3.63, 3.8) is 0 Å². The minimum absolute atomic E-state index is 0.0111. The van der Waals surface area contributed by atoms with Gasteiger partial charge in [-0.25, -0.2) is 4.39 Å². The molecule has 0 aliphatic heterocycles. The maximum absolute atomic E-state index is 13.6. The lowest BCUT2D eigenvalue weighted by Gasteiger charge is -2.09. The second kappa shape index (κ2) is 4.94. The monoisotopic (exact) mass is 262 g/mol. The van der Waals surface area contributed by atoms with E-state index >= 15 is 0 Å². The number of halogens is 2. The second-order valence-corrected chi connectivity index (χ2v) is 3.98. The fourth-order valence-corrected chi connectivity index (χ4v) is 1.53. The van der Waals surface area contributed by atoms with Crippen LogP contribution in [0.25, 0.3) is 0 Å². The van der Waals surface area contributed by atoms with Crippen molar-refractivity contribution in [2.24, 2.45) is 0 Å². The highest BCUT2D eigenvalue weighted by Crippen LogP contribution is 2.31. The summed E-state index contributed by atoms with van der Waals surface area (Å²) in [6, 6.07) is 10.4. The summed E-state index contributed by atoms with van der Waals surface area (Å²) in [6.07, 6.45) is 0. The summed E-state index contributed by atoms with van der Waals surface area (Å²) in [5, 5.41) is 9.07. The van der Waals surface area contributed by atoms with Crippen LogP contribution in [-0.4, -0.2) is 0 Å². The molecule has 0 unspecified atom stereocenters. The molecule has 0 aromatic heterocycles. The molecular weight excluding hydrogens is 255 g/mol. The highest BCUT2D eigenvalue weighted by atomic mass is 35.5. The number of nitrogens with zero attached hydrogens (tertiary/aromatic N) is 1. The Balaban J connectivity index is 2.34. The first kappa shape index (κ1) is 12.2. The summed E-state index contributed by atoms with van der Waals surface area (Å²) in [6.45, 7) is 0. The Bertz CT molecular complexity index is 637. The normalized spacial score (nSPS) is 9.83. The third kappa shape index (κ3) is 2.53. The molecule has 2 aromatic carbocycles. The Labute approximate surface area is 108 Å². The standard InChI is InChI=1S/C13H8ClFN2O/c14-9-2-3-11(17)13(6-9)18-12-4-1-8(7-16)5-10(12)15/h1-6H,17H2. The number of nitrogen functional groups attached to an aromatic ring is 1. The Kier molecular flexibility index (Phi) is 3.35. The number of anilines is 1. The van der Waals surface area contributed by atoms with E-state index in [0.29, 0.717) is 10.7 Å². The fraction of sp³-hybridized carbons (Fsp3) is 0. The number of hydrogen-bond donors (Lipinski definition) is 1. The minimum Gasteiger partial charge on any atom is -0.452 e. The highest BCUT2D eigenvalue weighted by Gasteiger charge is 2.08. The van der Waals surface area contributed by atoms with Crippen LogP contribution in [0.4, 0.5) is 10.1 Å². The Morgan fingerprint density at radius 3 is 2.61 bits per heavy atom. The van der Waals surface area contributed by atoms with E-state index in [1.807, 2.05) is 6.07 Å². The van der Waals surface area contributed by atoms with Gasteiger partial charge in [-0.15, -0.1) is 0 Å². The Morgan fingerprint density at radius 2 is 1.94 bits per heavy atom. The molecule has 3 nitrogen and oxygen atoms in total. The van der Waals surface area contributed by atoms with E-state index < -0.39 is 5.82 Å². The number of ether oxygens (including phenoxy) is 1. The summed E-state index contributed by atoms with van der Waals surface area (Å²) in [4.78, 5) is 0. The molecule has 0 saturated carbocycles. The van der Waals surface area contributed by atoms with E-state index in [9.17, 15) is 4.39 Å². The molecule has 0 heterocycles. The van der Waals surface area contributed by atoms with Gasteiger partial charge in [-0.2, -0.15) is 5.26 Å². The molecule has 5 heteroatoms. The molecule has 0 amide bonds. The molecule has 0 fully saturated rings. The van der Waals surface area contributed by atoms with E-state index in [4.69, 9.17) is 27.3 Å². The van der Waals surface area contributed by atoms with Gasteiger partial charge in [0.25, 0.3) is 0 Å². The van der Waals surface area contributed by atoms with Crippen molar-refractivity contribution in [1.29, 1.82) is 5.26 Å². The summed E-state index contributed by atoms with van der Waals surface area (Å²) in [5.41, 5.74) is 6.26. The zero-order valence-electron chi connectivity index (χ0n) is 9.15. The Morgan fingerprint density at radius 1 is 1.17 bits per heavy atom. The van der Waals surface area contributed by atoms with Gasteiger partial charge in [0, 0.05) is 11.1 Å². The quantitative estimate of drug-likeness (QED) is 0.839. The van der Waals surface area contributed by atoms with Crippen LogP contribution in [0.1, 0.15) is 5.56 Å².